The van der Waals surface area contributed by atoms with Crippen molar-refractivity contribution in [2.75, 3.05) is 19.0 Å². The summed E-state index contributed by atoms with van der Waals surface area (Å²) in [6, 6.07) is 0.798. The Morgan fingerprint density at radius 3 is 2.60 bits per heavy atom. The molecule has 1 saturated heterocycles. The predicted molar refractivity (Wildman–Crippen MR) is 68.6 cm³/mol. The van der Waals surface area contributed by atoms with Crippen molar-refractivity contribution in [3.05, 3.63) is 0 Å². The zero-order valence-electron chi connectivity index (χ0n) is 10.3. The standard InChI is InChI=1S/C13H26ClN/c1-12-8-7-11-15(13(12)2)10-6-4-3-5-9-14/h12-13H,3-11H2,1-2H3. The van der Waals surface area contributed by atoms with Gasteiger partial charge in [0.2, 0.25) is 0 Å². The highest BCUT2D eigenvalue weighted by atomic mass is 35.5. The molecule has 90 valence electrons. The Morgan fingerprint density at radius 1 is 1.13 bits per heavy atom. The average Bonchev–Trinajstić information content (AvgIpc) is 2.24. The van der Waals surface area contributed by atoms with Crippen LogP contribution in [0.25, 0.3) is 0 Å². The van der Waals surface area contributed by atoms with Crippen molar-refractivity contribution < 1.29 is 0 Å². The van der Waals surface area contributed by atoms with E-state index in [9.17, 15) is 0 Å². The SMILES string of the molecule is CC1CCCN(CCCCCCCl)C1C. The lowest BCUT2D eigenvalue weighted by Gasteiger charge is -2.37. The number of halogens is 1. The molecule has 2 unspecified atom stereocenters. The Kier molecular flexibility index (Phi) is 6.67. The molecular formula is C13H26ClN. The molecule has 0 saturated carbocycles. The van der Waals surface area contributed by atoms with Crippen LogP contribution in [0, 0.1) is 5.92 Å². The summed E-state index contributed by atoms with van der Waals surface area (Å²) in [5.74, 6) is 1.72. The molecule has 0 N–H and O–H groups in total. The Bertz CT molecular complexity index is 161. The Balaban J connectivity index is 2.09. The fraction of sp³-hybridized carbons (Fsp3) is 1.00. The largest absolute Gasteiger partial charge is 0.300 e. The number of likely N-dealkylation sites (tertiary alicyclic amines) is 1. The molecule has 1 nitrogen and oxygen atoms in total. The smallest absolute Gasteiger partial charge is 0.0223 e. The minimum atomic E-state index is 0.798. The van der Waals surface area contributed by atoms with E-state index in [4.69, 9.17) is 11.6 Å². The molecule has 0 radical (unpaired) electrons. The van der Waals surface area contributed by atoms with Gasteiger partial charge in [0.15, 0.2) is 0 Å². The molecule has 1 aliphatic rings. The van der Waals surface area contributed by atoms with Crippen molar-refractivity contribution >= 4 is 11.6 Å². The summed E-state index contributed by atoms with van der Waals surface area (Å²) >= 11 is 5.66. The van der Waals surface area contributed by atoms with Gasteiger partial charge >= 0.3 is 0 Å². The van der Waals surface area contributed by atoms with E-state index in [-0.39, 0.29) is 0 Å². The summed E-state index contributed by atoms with van der Waals surface area (Å²) in [5.41, 5.74) is 0. The minimum Gasteiger partial charge on any atom is -0.300 e. The molecular weight excluding hydrogens is 206 g/mol. The normalized spacial score (nSPS) is 28.2. The fourth-order valence-electron chi connectivity index (χ4n) is 2.50. The van der Waals surface area contributed by atoms with Crippen molar-refractivity contribution in [2.24, 2.45) is 5.92 Å². The van der Waals surface area contributed by atoms with Gasteiger partial charge < -0.3 is 4.90 Å². The van der Waals surface area contributed by atoms with E-state index < -0.39 is 0 Å². The number of unbranched alkanes of at least 4 members (excludes halogenated alkanes) is 3. The van der Waals surface area contributed by atoms with Gasteiger partial charge in [-0.25, -0.2) is 0 Å². The van der Waals surface area contributed by atoms with Gasteiger partial charge in [0.05, 0.1) is 0 Å². The third kappa shape index (κ3) is 4.74. The fourth-order valence-corrected chi connectivity index (χ4v) is 2.69. The van der Waals surface area contributed by atoms with Gasteiger partial charge in [0.1, 0.15) is 0 Å². The first-order valence-corrected chi connectivity index (χ1v) is 7.09. The predicted octanol–water partition coefficient (Wildman–Crippen LogP) is 3.91. The molecule has 0 aromatic rings. The first-order chi connectivity index (χ1) is 7.25. The van der Waals surface area contributed by atoms with Crippen LogP contribution >= 0.6 is 11.6 Å². The molecule has 2 heteroatoms. The van der Waals surface area contributed by atoms with Gasteiger partial charge in [-0.1, -0.05) is 19.8 Å². The molecule has 1 rings (SSSR count). The third-order valence-electron chi connectivity index (χ3n) is 3.83. The van der Waals surface area contributed by atoms with Gasteiger partial charge in [-0.2, -0.15) is 0 Å². The second kappa shape index (κ2) is 7.51. The molecule has 0 aromatic heterocycles. The number of alkyl halides is 1. The second-order valence-corrected chi connectivity index (χ2v) is 5.38. The lowest BCUT2D eigenvalue weighted by atomic mass is 9.92. The Morgan fingerprint density at radius 2 is 1.87 bits per heavy atom. The quantitative estimate of drug-likeness (QED) is 0.495. The van der Waals surface area contributed by atoms with E-state index in [0.717, 1.165) is 17.8 Å². The maximum absolute atomic E-state index is 5.66. The molecule has 0 aromatic carbocycles. The molecule has 15 heavy (non-hydrogen) atoms. The van der Waals surface area contributed by atoms with Crippen LogP contribution in [0.1, 0.15) is 52.4 Å². The Hall–Kier alpha value is 0.250. The molecule has 0 aliphatic carbocycles. The highest BCUT2D eigenvalue weighted by molar-refractivity contribution is 6.17. The summed E-state index contributed by atoms with van der Waals surface area (Å²) in [5, 5.41) is 0. The van der Waals surface area contributed by atoms with E-state index >= 15 is 0 Å². The number of piperidine rings is 1. The number of hydrogen-bond donors (Lipinski definition) is 0. The highest BCUT2D eigenvalue weighted by Crippen LogP contribution is 2.23. The monoisotopic (exact) mass is 231 g/mol. The summed E-state index contributed by atoms with van der Waals surface area (Å²) in [4.78, 5) is 2.68. The van der Waals surface area contributed by atoms with Crippen LogP contribution in [-0.2, 0) is 0 Å². The van der Waals surface area contributed by atoms with Gasteiger partial charge in [0, 0.05) is 11.9 Å². The summed E-state index contributed by atoms with van der Waals surface area (Å²) in [6.45, 7) is 7.40. The first-order valence-electron chi connectivity index (χ1n) is 6.55. The zero-order chi connectivity index (χ0) is 11.1. The number of rotatable bonds is 6. The summed E-state index contributed by atoms with van der Waals surface area (Å²) < 4.78 is 0. The van der Waals surface area contributed by atoms with Gasteiger partial charge in [-0.15, -0.1) is 11.6 Å². The maximum atomic E-state index is 5.66. The summed E-state index contributed by atoms with van der Waals surface area (Å²) in [6.07, 6.45) is 8.02. The van der Waals surface area contributed by atoms with Crippen molar-refractivity contribution in [1.29, 1.82) is 0 Å². The van der Waals surface area contributed by atoms with Crippen molar-refractivity contribution in [3.8, 4) is 0 Å². The number of hydrogen-bond acceptors (Lipinski definition) is 1. The second-order valence-electron chi connectivity index (χ2n) is 5.00. The Labute approximate surface area is 100 Å². The minimum absolute atomic E-state index is 0.798. The van der Waals surface area contributed by atoms with Crippen molar-refractivity contribution in [3.63, 3.8) is 0 Å². The van der Waals surface area contributed by atoms with Crippen LogP contribution in [0.5, 0.6) is 0 Å². The van der Waals surface area contributed by atoms with Crippen LogP contribution in [-0.4, -0.2) is 29.9 Å². The average molecular weight is 232 g/mol. The van der Waals surface area contributed by atoms with E-state index in [1.165, 1.54) is 51.6 Å². The van der Waals surface area contributed by atoms with Crippen LogP contribution in [0.3, 0.4) is 0 Å². The summed E-state index contributed by atoms with van der Waals surface area (Å²) in [7, 11) is 0. The molecule has 2 atom stereocenters. The van der Waals surface area contributed by atoms with E-state index in [1.807, 2.05) is 0 Å². The van der Waals surface area contributed by atoms with Crippen LogP contribution in [0.15, 0.2) is 0 Å². The molecule has 0 spiro atoms. The van der Waals surface area contributed by atoms with Gasteiger partial charge in [-0.3, -0.25) is 0 Å². The van der Waals surface area contributed by atoms with E-state index in [1.54, 1.807) is 0 Å². The van der Waals surface area contributed by atoms with Gasteiger partial charge in [0.25, 0.3) is 0 Å². The lowest BCUT2D eigenvalue weighted by molar-refractivity contribution is 0.112. The highest BCUT2D eigenvalue weighted by Gasteiger charge is 2.23. The molecule has 1 fully saturated rings. The lowest BCUT2D eigenvalue weighted by Crippen LogP contribution is -2.42. The van der Waals surface area contributed by atoms with E-state index in [0.29, 0.717) is 0 Å². The maximum Gasteiger partial charge on any atom is 0.0223 e. The zero-order valence-corrected chi connectivity index (χ0v) is 11.1. The van der Waals surface area contributed by atoms with Gasteiger partial charge in [-0.05, 0) is 51.6 Å². The first kappa shape index (κ1) is 13.3. The van der Waals surface area contributed by atoms with Crippen molar-refractivity contribution in [2.45, 2.75) is 58.4 Å². The van der Waals surface area contributed by atoms with E-state index in [2.05, 4.69) is 18.7 Å². The van der Waals surface area contributed by atoms with Crippen LogP contribution in [0.2, 0.25) is 0 Å². The van der Waals surface area contributed by atoms with Crippen LogP contribution < -0.4 is 0 Å². The number of nitrogens with zero attached hydrogens (tertiary/aromatic N) is 1. The van der Waals surface area contributed by atoms with Crippen molar-refractivity contribution in [1.82, 2.24) is 4.90 Å². The molecule has 0 amide bonds. The molecule has 1 heterocycles. The molecule has 0 bridgehead atoms. The molecule has 1 aliphatic heterocycles. The van der Waals surface area contributed by atoms with Crippen LogP contribution in [0.4, 0.5) is 0 Å². The third-order valence-corrected chi connectivity index (χ3v) is 4.10. The topological polar surface area (TPSA) is 3.24 Å².